The summed E-state index contributed by atoms with van der Waals surface area (Å²) in [6.07, 6.45) is 2.13. The van der Waals surface area contributed by atoms with Crippen molar-refractivity contribution in [1.82, 2.24) is 0 Å². The predicted octanol–water partition coefficient (Wildman–Crippen LogP) is 2.48. The van der Waals surface area contributed by atoms with Gasteiger partial charge in [0.1, 0.15) is 6.07 Å². The molecule has 4 nitrogen and oxygen atoms in total. The topological polar surface area (TPSA) is 64.3 Å². The van der Waals surface area contributed by atoms with E-state index in [1.54, 1.807) is 23.1 Å². The fourth-order valence-corrected chi connectivity index (χ4v) is 3.31. The second-order valence-corrected chi connectivity index (χ2v) is 6.07. The Labute approximate surface area is 122 Å². The SMILES string of the molecule is C[C@@H]1N(c2ccc(C#N)c(Cl)c2)C(=O)C[C@@]1(O)C1CC1. The van der Waals surface area contributed by atoms with Crippen molar-refractivity contribution in [3.63, 3.8) is 0 Å². The predicted molar refractivity (Wildman–Crippen MR) is 75.4 cm³/mol. The molecule has 1 aliphatic heterocycles. The standard InChI is InChI=1S/C15H15ClN2O2/c1-9-15(20,11-3-4-11)7-14(19)18(9)12-5-2-10(8-17)13(16)6-12/h2,5-6,9,11,20H,3-4,7H2,1H3/t9-,15-/m0/s1. The molecular weight excluding hydrogens is 276 g/mol. The molecule has 0 radical (unpaired) electrons. The van der Waals surface area contributed by atoms with E-state index in [0.717, 1.165) is 12.8 Å². The van der Waals surface area contributed by atoms with Gasteiger partial charge in [0.05, 0.1) is 28.6 Å². The highest BCUT2D eigenvalue weighted by atomic mass is 35.5. The molecular formula is C15H15ClN2O2. The van der Waals surface area contributed by atoms with E-state index in [4.69, 9.17) is 16.9 Å². The molecule has 20 heavy (non-hydrogen) atoms. The molecule has 1 aromatic carbocycles. The Bertz CT molecular complexity index is 621. The van der Waals surface area contributed by atoms with E-state index in [1.807, 2.05) is 13.0 Å². The normalized spacial score (nSPS) is 29.6. The van der Waals surface area contributed by atoms with Crippen LogP contribution in [0.3, 0.4) is 0 Å². The molecule has 1 aliphatic carbocycles. The first-order valence-electron chi connectivity index (χ1n) is 6.71. The number of hydrogen-bond acceptors (Lipinski definition) is 3. The molecule has 1 heterocycles. The number of nitrogens with zero attached hydrogens (tertiary/aromatic N) is 2. The van der Waals surface area contributed by atoms with Gasteiger partial charge in [0.15, 0.2) is 0 Å². The molecule has 1 N–H and O–H groups in total. The maximum absolute atomic E-state index is 12.3. The minimum absolute atomic E-state index is 0.0901. The van der Waals surface area contributed by atoms with Crippen molar-refractivity contribution in [3.8, 4) is 6.07 Å². The van der Waals surface area contributed by atoms with Gasteiger partial charge in [-0.2, -0.15) is 5.26 Å². The van der Waals surface area contributed by atoms with Crippen LogP contribution < -0.4 is 4.90 Å². The van der Waals surface area contributed by atoms with E-state index in [0.29, 0.717) is 16.3 Å². The molecule has 0 aromatic heterocycles. The van der Waals surface area contributed by atoms with E-state index in [2.05, 4.69) is 0 Å². The van der Waals surface area contributed by atoms with E-state index < -0.39 is 5.60 Å². The molecule has 104 valence electrons. The lowest BCUT2D eigenvalue weighted by molar-refractivity contribution is -0.118. The van der Waals surface area contributed by atoms with Gasteiger partial charge < -0.3 is 10.0 Å². The highest BCUT2D eigenvalue weighted by molar-refractivity contribution is 6.32. The quantitative estimate of drug-likeness (QED) is 0.910. The van der Waals surface area contributed by atoms with E-state index in [-0.39, 0.29) is 24.3 Å². The Kier molecular flexibility index (Phi) is 3.00. The zero-order chi connectivity index (χ0) is 14.5. The summed E-state index contributed by atoms with van der Waals surface area (Å²) in [6.45, 7) is 1.87. The summed E-state index contributed by atoms with van der Waals surface area (Å²) in [4.78, 5) is 13.9. The summed E-state index contributed by atoms with van der Waals surface area (Å²) in [5, 5.41) is 19.9. The van der Waals surface area contributed by atoms with Crippen molar-refractivity contribution >= 4 is 23.2 Å². The van der Waals surface area contributed by atoms with Gasteiger partial charge in [-0.1, -0.05) is 11.6 Å². The van der Waals surface area contributed by atoms with Crippen LogP contribution in [0.25, 0.3) is 0 Å². The van der Waals surface area contributed by atoms with Crippen LogP contribution >= 0.6 is 11.6 Å². The van der Waals surface area contributed by atoms with Gasteiger partial charge in [0.25, 0.3) is 0 Å². The number of halogens is 1. The Balaban J connectivity index is 1.96. The first kappa shape index (κ1) is 13.4. The van der Waals surface area contributed by atoms with Crippen molar-refractivity contribution in [2.24, 2.45) is 5.92 Å². The van der Waals surface area contributed by atoms with Crippen molar-refractivity contribution in [2.45, 2.75) is 37.8 Å². The van der Waals surface area contributed by atoms with Crippen LogP contribution in [0.4, 0.5) is 5.69 Å². The third-order valence-electron chi connectivity index (χ3n) is 4.45. The number of nitriles is 1. The van der Waals surface area contributed by atoms with Crippen LogP contribution in [-0.2, 0) is 4.79 Å². The van der Waals surface area contributed by atoms with Gasteiger partial charge in [0.2, 0.25) is 5.91 Å². The number of hydrogen-bond donors (Lipinski definition) is 1. The summed E-state index contributed by atoms with van der Waals surface area (Å²) in [6, 6.07) is 6.65. The first-order chi connectivity index (χ1) is 9.47. The third-order valence-corrected chi connectivity index (χ3v) is 4.76. The van der Waals surface area contributed by atoms with Crippen LogP contribution in [-0.4, -0.2) is 22.7 Å². The largest absolute Gasteiger partial charge is 0.387 e. The third kappa shape index (κ3) is 1.90. The van der Waals surface area contributed by atoms with E-state index in [1.165, 1.54) is 0 Å². The van der Waals surface area contributed by atoms with Gasteiger partial charge in [-0.25, -0.2) is 0 Å². The Morgan fingerprint density at radius 2 is 2.20 bits per heavy atom. The van der Waals surface area contributed by atoms with Crippen molar-refractivity contribution < 1.29 is 9.90 Å². The molecule has 3 rings (SSSR count). The molecule has 0 spiro atoms. The zero-order valence-electron chi connectivity index (χ0n) is 11.1. The van der Waals surface area contributed by atoms with E-state index >= 15 is 0 Å². The van der Waals surface area contributed by atoms with Crippen LogP contribution in [0.2, 0.25) is 5.02 Å². The number of carbonyl (C=O) groups excluding carboxylic acids is 1. The Morgan fingerprint density at radius 1 is 1.50 bits per heavy atom. The number of aliphatic hydroxyl groups is 1. The lowest BCUT2D eigenvalue weighted by atomic mass is 9.90. The summed E-state index contributed by atoms with van der Waals surface area (Å²) in [7, 11) is 0. The number of carbonyl (C=O) groups is 1. The monoisotopic (exact) mass is 290 g/mol. The number of amides is 1. The molecule has 2 atom stereocenters. The average molecular weight is 291 g/mol. The van der Waals surface area contributed by atoms with Gasteiger partial charge in [0, 0.05) is 5.69 Å². The molecule has 1 aromatic rings. The minimum atomic E-state index is -0.933. The number of rotatable bonds is 2. The molecule has 0 bridgehead atoms. The highest BCUT2D eigenvalue weighted by Gasteiger charge is 2.56. The second kappa shape index (κ2) is 4.47. The van der Waals surface area contributed by atoms with Crippen molar-refractivity contribution in [1.29, 1.82) is 5.26 Å². The number of benzene rings is 1. The van der Waals surface area contributed by atoms with Crippen LogP contribution in [0, 0.1) is 17.2 Å². The minimum Gasteiger partial charge on any atom is -0.387 e. The fourth-order valence-electron chi connectivity index (χ4n) is 3.10. The second-order valence-electron chi connectivity index (χ2n) is 5.66. The Morgan fingerprint density at radius 3 is 2.75 bits per heavy atom. The van der Waals surface area contributed by atoms with Crippen molar-refractivity contribution in [2.75, 3.05) is 4.90 Å². The average Bonchev–Trinajstić information content (AvgIpc) is 3.20. The molecule has 5 heteroatoms. The van der Waals surface area contributed by atoms with Crippen LogP contribution in [0.5, 0.6) is 0 Å². The van der Waals surface area contributed by atoms with Crippen LogP contribution in [0.15, 0.2) is 18.2 Å². The summed E-state index contributed by atoms with van der Waals surface area (Å²) in [5.41, 5.74) is 0.0903. The summed E-state index contributed by atoms with van der Waals surface area (Å²) < 4.78 is 0. The maximum atomic E-state index is 12.3. The molecule has 2 aliphatic rings. The lowest BCUT2D eigenvalue weighted by Gasteiger charge is -2.31. The summed E-state index contributed by atoms with van der Waals surface area (Å²) in [5.74, 6) is 0.132. The Hall–Kier alpha value is -1.57. The lowest BCUT2D eigenvalue weighted by Crippen LogP contribution is -2.44. The smallest absolute Gasteiger partial charge is 0.230 e. The molecule has 0 unspecified atom stereocenters. The molecule has 2 fully saturated rings. The molecule has 1 saturated carbocycles. The van der Waals surface area contributed by atoms with Gasteiger partial charge in [-0.15, -0.1) is 0 Å². The van der Waals surface area contributed by atoms with Gasteiger partial charge in [-0.05, 0) is 43.9 Å². The number of anilines is 1. The fraction of sp³-hybridized carbons (Fsp3) is 0.467. The van der Waals surface area contributed by atoms with E-state index in [9.17, 15) is 9.90 Å². The van der Waals surface area contributed by atoms with Gasteiger partial charge in [-0.3, -0.25) is 4.79 Å². The van der Waals surface area contributed by atoms with Crippen molar-refractivity contribution in [3.05, 3.63) is 28.8 Å². The van der Waals surface area contributed by atoms with Crippen LogP contribution in [0.1, 0.15) is 31.7 Å². The highest BCUT2D eigenvalue weighted by Crippen LogP contribution is 2.49. The molecule has 1 saturated heterocycles. The zero-order valence-corrected chi connectivity index (χ0v) is 11.9. The summed E-state index contributed by atoms with van der Waals surface area (Å²) >= 11 is 6.03. The molecule has 1 amide bonds. The maximum Gasteiger partial charge on any atom is 0.230 e. The first-order valence-corrected chi connectivity index (χ1v) is 7.09. The van der Waals surface area contributed by atoms with Gasteiger partial charge >= 0.3 is 0 Å².